The average molecular weight is 461 g/mol. The van der Waals surface area contributed by atoms with Crippen molar-refractivity contribution in [2.24, 2.45) is 0 Å². The van der Waals surface area contributed by atoms with E-state index in [0.29, 0.717) is 11.3 Å². The summed E-state index contributed by atoms with van der Waals surface area (Å²) in [6, 6.07) is -1.50. The first kappa shape index (κ1) is 10.4. The molecule has 2 heterocycles. The lowest BCUT2D eigenvalue weighted by atomic mass is 10.0. The van der Waals surface area contributed by atoms with Crippen LogP contribution >= 0.6 is 11.3 Å². The molecule has 2 N–H and O–H groups in total. The fourth-order valence-electron chi connectivity index (χ4n) is 2.27. The van der Waals surface area contributed by atoms with E-state index in [1.54, 1.807) is 0 Å². The van der Waals surface area contributed by atoms with Crippen molar-refractivity contribution in [1.82, 2.24) is 5.16 Å². The van der Waals surface area contributed by atoms with Gasteiger partial charge in [-0.2, -0.15) is 0 Å². The number of hydrogen-bond acceptors (Lipinski definition) is 7. The SMILES string of the molecule is [2H]c1c(C(C)=O)c(N([2H])C(=O)c2sccc2S(=O)(=O)N([2H])c2onc(C([2H])([2H])[2H])c2C)c(C([2H])([2H])[2H])c([2H])c1C([2H])([2H])[2H]. The van der Waals surface area contributed by atoms with Gasteiger partial charge in [0.15, 0.2) is 8.61 Å². The van der Waals surface area contributed by atoms with Crippen LogP contribution in [0.15, 0.2) is 32.9 Å². The molecule has 0 saturated heterocycles. The Hall–Kier alpha value is -2.98. The Kier molecular flexibility index (Phi) is 2.78. The number of hydrogen-bond donors (Lipinski definition) is 2. The topological polar surface area (TPSA) is 118 Å². The van der Waals surface area contributed by atoms with E-state index in [4.69, 9.17) is 22.4 Å². The van der Waals surface area contributed by atoms with Crippen molar-refractivity contribution in [3.05, 3.63) is 56.4 Å². The molecule has 0 atom stereocenters. The van der Waals surface area contributed by atoms with Crippen LogP contribution in [-0.4, -0.2) is 25.3 Å². The number of aryl methyl sites for hydroxylation is 1. The lowest BCUT2D eigenvalue weighted by Gasteiger charge is -2.14. The van der Waals surface area contributed by atoms with Gasteiger partial charge in [-0.05, 0) is 63.0 Å². The number of rotatable bonds is 6. The molecule has 0 unspecified atom stereocenters. The molecular weight excluding hydrogens is 426 g/mol. The van der Waals surface area contributed by atoms with Crippen molar-refractivity contribution in [1.29, 1.82) is 0 Å². The molecule has 0 spiro atoms. The fourth-order valence-corrected chi connectivity index (χ4v) is 4.54. The average Bonchev–Trinajstić information content (AvgIpc) is 3.47. The van der Waals surface area contributed by atoms with Crippen molar-refractivity contribution in [3.8, 4) is 0 Å². The minimum Gasteiger partial charge on any atom is -0.337 e. The van der Waals surface area contributed by atoms with Crippen LogP contribution in [0.1, 0.15) is 64.4 Å². The van der Waals surface area contributed by atoms with Gasteiger partial charge in [0.1, 0.15) is 9.77 Å². The zero-order valence-electron chi connectivity index (χ0n) is 28.4. The first-order chi connectivity index (χ1) is 19.4. The van der Waals surface area contributed by atoms with E-state index in [1.165, 1.54) is 0 Å². The third kappa shape index (κ3) is 4.14. The number of anilines is 2. The van der Waals surface area contributed by atoms with Gasteiger partial charge in [-0.25, -0.2) is 13.1 Å². The third-order valence-electron chi connectivity index (χ3n) is 3.74. The maximum atomic E-state index is 13.6. The molecule has 1 aromatic carbocycles. The summed E-state index contributed by atoms with van der Waals surface area (Å²) in [4.78, 5) is 24.5. The number of benzene rings is 1. The van der Waals surface area contributed by atoms with Crippen LogP contribution < -0.4 is 10.0 Å². The zero-order valence-corrected chi connectivity index (χ0v) is 17.0. The predicted molar refractivity (Wildman–Crippen MR) is 115 cm³/mol. The molecular formula is C20H21N3O5S2. The minimum atomic E-state index is -5.07. The fraction of sp³-hybridized carbons (Fsp3) is 0.250. The Labute approximate surface area is 196 Å². The second-order valence-electron chi connectivity index (χ2n) is 5.84. The van der Waals surface area contributed by atoms with Crippen molar-refractivity contribution in [2.45, 2.75) is 39.3 Å². The summed E-state index contributed by atoms with van der Waals surface area (Å²) in [6.07, 6.45) is 0. The zero-order chi connectivity index (χ0) is 33.2. The van der Waals surface area contributed by atoms with Gasteiger partial charge in [0.2, 0.25) is 5.88 Å². The van der Waals surface area contributed by atoms with Gasteiger partial charge in [0, 0.05) is 23.5 Å². The maximum Gasteiger partial charge on any atom is 0.267 e. The molecule has 0 fully saturated rings. The number of carbonyl (C=O) groups excluding carboxylic acids is 2. The van der Waals surface area contributed by atoms with Crippen LogP contribution in [-0.2, 0) is 10.0 Å². The summed E-state index contributed by atoms with van der Waals surface area (Å²) in [5, 5.41) is 4.15. The minimum absolute atomic E-state index is 0.219. The van der Waals surface area contributed by atoms with Gasteiger partial charge in [0.25, 0.3) is 15.9 Å². The smallest absolute Gasteiger partial charge is 0.267 e. The third-order valence-corrected chi connectivity index (χ3v) is 6.08. The Morgan fingerprint density at radius 3 is 2.73 bits per heavy atom. The number of nitrogens with one attached hydrogen (secondary N) is 2. The first-order valence-corrected chi connectivity index (χ1v) is 10.3. The van der Waals surface area contributed by atoms with Crippen LogP contribution in [0.4, 0.5) is 11.6 Å². The Morgan fingerprint density at radius 2 is 2.10 bits per heavy atom. The van der Waals surface area contributed by atoms with Crippen molar-refractivity contribution >= 4 is 44.6 Å². The van der Waals surface area contributed by atoms with E-state index >= 15 is 0 Å². The summed E-state index contributed by atoms with van der Waals surface area (Å²) >= 11 is 0.431. The molecule has 3 rings (SSSR count). The Bertz CT molecular complexity index is 1720. The second kappa shape index (κ2) is 8.04. The quantitative estimate of drug-likeness (QED) is 0.532. The molecule has 158 valence electrons. The molecule has 10 heteroatoms. The molecule has 0 aliphatic rings. The molecule has 2 aromatic heterocycles. The Morgan fingerprint density at radius 1 is 1.30 bits per heavy atom. The molecule has 0 saturated carbocycles. The summed E-state index contributed by atoms with van der Waals surface area (Å²) in [5.41, 5.74) is -5.35. The van der Waals surface area contributed by atoms with Crippen LogP contribution in [0, 0.1) is 27.5 Å². The lowest BCUT2D eigenvalue weighted by molar-refractivity contribution is 0.101. The summed E-state index contributed by atoms with van der Waals surface area (Å²) in [7, 11) is -5.07. The van der Waals surface area contributed by atoms with E-state index in [1.807, 2.05) is 0 Å². The highest BCUT2D eigenvalue weighted by Crippen LogP contribution is 2.29. The number of ketones is 1. The molecule has 0 bridgehead atoms. The monoisotopic (exact) mass is 460 g/mol. The van der Waals surface area contributed by atoms with Gasteiger partial charge < -0.3 is 9.83 Å². The summed E-state index contributed by atoms with van der Waals surface area (Å²) in [5.74, 6) is -3.52. The van der Waals surface area contributed by atoms with Gasteiger partial charge >= 0.3 is 0 Å². The first-order valence-electron chi connectivity index (χ1n) is 14.4. The van der Waals surface area contributed by atoms with E-state index in [0.717, 1.165) is 25.3 Å². The standard InChI is InChI=1S/C20H21N3O5S2/c1-10-8-11(2)17(15(9-10)14(5)24)21-19(25)18-16(6-7-29-18)30(26,27)23-20-12(3)13(4)22-28-20/h6-9,23H,1-5H3,(H,21,25)/i1D3,2D3,4D3,8D,9D/hD2. The molecule has 30 heavy (non-hydrogen) atoms. The van der Waals surface area contributed by atoms with E-state index in [-0.39, 0.29) is 15.6 Å². The van der Waals surface area contributed by atoms with Crippen molar-refractivity contribution < 1.29 is 40.4 Å². The van der Waals surface area contributed by atoms with Gasteiger partial charge in [-0.15, -0.1) is 11.3 Å². The molecule has 1 amide bonds. The molecule has 0 aliphatic heterocycles. The molecule has 0 radical (unpaired) electrons. The largest absolute Gasteiger partial charge is 0.337 e. The number of nitrogens with zero attached hydrogens (tertiary/aromatic N) is 1. The molecule has 3 aromatic rings. The number of thiophene rings is 1. The van der Waals surface area contributed by atoms with E-state index < -0.39 is 98.1 Å². The van der Waals surface area contributed by atoms with Crippen LogP contribution in [0.2, 0.25) is 2.82 Å². The number of aromatic nitrogens is 1. The highest BCUT2D eigenvalue weighted by atomic mass is 32.2. The van der Waals surface area contributed by atoms with Crippen LogP contribution in [0.5, 0.6) is 0 Å². The molecule has 0 aliphatic carbocycles. The highest BCUT2D eigenvalue weighted by Gasteiger charge is 2.27. The van der Waals surface area contributed by atoms with E-state index in [9.17, 15) is 18.0 Å². The lowest BCUT2D eigenvalue weighted by Crippen LogP contribution is -2.20. The summed E-state index contributed by atoms with van der Waals surface area (Å²) in [6.45, 7) is -7.49. The summed E-state index contributed by atoms with van der Waals surface area (Å²) < 4.78 is 134. The number of amides is 1. The number of sulfonamides is 1. The van der Waals surface area contributed by atoms with E-state index in [2.05, 4.69) is 5.16 Å². The van der Waals surface area contributed by atoms with Gasteiger partial charge in [-0.1, -0.05) is 11.2 Å². The van der Waals surface area contributed by atoms with Crippen molar-refractivity contribution in [2.75, 3.05) is 10.0 Å². The number of Topliss-reactive ketones (excluding diaryl/α,β-unsaturated/α-hetero) is 1. The number of carbonyl (C=O) groups is 2. The van der Waals surface area contributed by atoms with Crippen molar-refractivity contribution in [3.63, 3.8) is 0 Å². The van der Waals surface area contributed by atoms with Gasteiger partial charge in [-0.3, -0.25) is 9.59 Å². The molecule has 8 nitrogen and oxygen atoms in total. The maximum absolute atomic E-state index is 13.6. The predicted octanol–water partition coefficient (Wildman–Crippen LogP) is 4.23. The normalized spacial score (nSPS) is 18.9. The second-order valence-corrected chi connectivity index (χ2v) is 8.33. The van der Waals surface area contributed by atoms with Crippen LogP contribution in [0.25, 0.3) is 0 Å². The Balaban J connectivity index is 2.25. The highest BCUT2D eigenvalue weighted by molar-refractivity contribution is 7.93. The van der Waals surface area contributed by atoms with Crippen LogP contribution in [0.3, 0.4) is 0 Å². The van der Waals surface area contributed by atoms with Gasteiger partial charge in [0.05, 0.1) is 14.1 Å².